The maximum Gasteiger partial charge on any atom is 0.227 e. The minimum atomic E-state index is 0.0427. The van der Waals surface area contributed by atoms with Gasteiger partial charge < -0.3 is 15.2 Å². The van der Waals surface area contributed by atoms with Gasteiger partial charge in [0.25, 0.3) is 0 Å². The summed E-state index contributed by atoms with van der Waals surface area (Å²) >= 11 is 4.90. The summed E-state index contributed by atoms with van der Waals surface area (Å²) in [6, 6.07) is 7.43. The predicted octanol–water partition coefficient (Wildman–Crippen LogP) is 1.26. The van der Waals surface area contributed by atoms with Crippen LogP contribution in [0.25, 0.3) is 0 Å². The minimum absolute atomic E-state index is 0.0427. The molecule has 1 heterocycles. The normalized spacial score (nSPS) is 10.4. The Morgan fingerprint density at radius 1 is 1.38 bits per heavy atom. The summed E-state index contributed by atoms with van der Waals surface area (Å²) in [5.74, 6) is 0.899. The summed E-state index contributed by atoms with van der Waals surface area (Å²) in [5.41, 5.74) is 7.29. The van der Waals surface area contributed by atoms with Crippen LogP contribution in [0.4, 0.5) is 0 Å². The van der Waals surface area contributed by atoms with E-state index >= 15 is 0 Å². The van der Waals surface area contributed by atoms with Crippen LogP contribution in [0.2, 0.25) is 0 Å². The fourth-order valence-corrected chi connectivity index (χ4v) is 2.08. The van der Waals surface area contributed by atoms with Gasteiger partial charge in [0.05, 0.1) is 13.0 Å². The number of benzene rings is 1. The van der Waals surface area contributed by atoms with Crippen LogP contribution in [-0.2, 0) is 24.8 Å². The molecule has 6 heteroatoms. The SMILES string of the molecule is CN(Cc1nccn1C)C(=O)Cc1ccc(C(N)=S)cc1. The highest BCUT2D eigenvalue weighted by Gasteiger charge is 2.12. The highest BCUT2D eigenvalue weighted by molar-refractivity contribution is 7.80. The molecule has 0 saturated carbocycles. The number of nitrogens with two attached hydrogens (primary N) is 1. The van der Waals surface area contributed by atoms with Gasteiger partial charge in [0.15, 0.2) is 0 Å². The molecule has 5 nitrogen and oxygen atoms in total. The second-order valence-electron chi connectivity index (χ2n) is 4.94. The van der Waals surface area contributed by atoms with Gasteiger partial charge in [0.1, 0.15) is 10.8 Å². The first-order chi connectivity index (χ1) is 9.97. The van der Waals surface area contributed by atoms with Crippen molar-refractivity contribution >= 4 is 23.1 Å². The molecule has 2 rings (SSSR count). The molecule has 1 amide bonds. The highest BCUT2D eigenvalue weighted by atomic mass is 32.1. The van der Waals surface area contributed by atoms with Crippen LogP contribution < -0.4 is 5.73 Å². The van der Waals surface area contributed by atoms with E-state index in [9.17, 15) is 4.79 Å². The topological polar surface area (TPSA) is 64.2 Å². The van der Waals surface area contributed by atoms with Crippen LogP contribution in [-0.4, -0.2) is 32.4 Å². The Labute approximate surface area is 129 Å². The zero-order chi connectivity index (χ0) is 15.4. The summed E-state index contributed by atoms with van der Waals surface area (Å²) in [7, 11) is 3.69. The van der Waals surface area contributed by atoms with Gasteiger partial charge in [-0.1, -0.05) is 36.5 Å². The van der Waals surface area contributed by atoms with Crippen LogP contribution in [0.3, 0.4) is 0 Å². The van der Waals surface area contributed by atoms with E-state index in [4.69, 9.17) is 18.0 Å². The van der Waals surface area contributed by atoms with Gasteiger partial charge in [-0.05, 0) is 5.56 Å². The van der Waals surface area contributed by atoms with E-state index in [2.05, 4.69) is 4.98 Å². The molecule has 0 aliphatic heterocycles. The molecule has 0 spiro atoms. The zero-order valence-corrected chi connectivity index (χ0v) is 12.9. The van der Waals surface area contributed by atoms with Gasteiger partial charge in [-0.2, -0.15) is 0 Å². The van der Waals surface area contributed by atoms with Crippen LogP contribution in [0.5, 0.6) is 0 Å². The molecule has 1 aromatic heterocycles. The third-order valence-corrected chi connectivity index (χ3v) is 3.55. The lowest BCUT2D eigenvalue weighted by molar-refractivity contribution is -0.129. The van der Waals surface area contributed by atoms with E-state index in [1.54, 1.807) is 18.1 Å². The summed E-state index contributed by atoms with van der Waals surface area (Å²) in [6.07, 6.45) is 3.93. The fraction of sp³-hybridized carbons (Fsp3) is 0.267. The number of imidazole rings is 1. The molecule has 0 fully saturated rings. The molecule has 1 aromatic carbocycles. The van der Waals surface area contributed by atoms with E-state index in [1.165, 1.54) is 0 Å². The molecule has 0 aliphatic rings. The van der Waals surface area contributed by atoms with Crippen molar-refractivity contribution in [2.24, 2.45) is 12.8 Å². The molecular weight excluding hydrogens is 284 g/mol. The maximum atomic E-state index is 12.2. The van der Waals surface area contributed by atoms with Crippen molar-refractivity contribution in [2.75, 3.05) is 7.05 Å². The first kappa shape index (κ1) is 15.2. The summed E-state index contributed by atoms with van der Waals surface area (Å²) in [5, 5.41) is 0. The Hall–Kier alpha value is -2.21. The molecule has 2 N–H and O–H groups in total. The van der Waals surface area contributed by atoms with Crippen molar-refractivity contribution in [3.8, 4) is 0 Å². The lowest BCUT2D eigenvalue weighted by Crippen LogP contribution is -2.28. The van der Waals surface area contributed by atoms with E-state index in [0.29, 0.717) is 18.0 Å². The van der Waals surface area contributed by atoms with Crippen molar-refractivity contribution < 1.29 is 4.79 Å². The van der Waals surface area contributed by atoms with Crippen LogP contribution in [0.1, 0.15) is 17.0 Å². The van der Waals surface area contributed by atoms with Gasteiger partial charge in [0, 0.05) is 32.1 Å². The molecular formula is C15H18N4OS. The van der Waals surface area contributed by atoms with E-state index in [1.807, 2.05) is 42.1 Å². The van der Waals surface area contributed by atoms with Crippen molar-refractivity contribution in [3.05, 3.63) is 53.6 Å². The van der Waals surface area contributed by atoms with Crippen LogP contribution >= 0.6 is 12.2 Å². The number of amides is 1. The summed E-state index contributed by atoms with van der Waals surface area (Å²) in [4.78, 5) is 18.5. The summed E-state index contributed by atoms with van der Waals surface area (Å²) < 4.78 is 1.90. The van der Waals surface area contributed by atoms with Crippen molar-refractivity contribution in [1.29, 1.82) is 0 Å². The standard InChI is InChI=1S/C15H18N4OS/c1-18-8-7-17-13(18)10-19(2)14(20)9-11-3-5-12(6-4-11)15(16)21/h3-8H,9-10H2,1-2H3,(H2,16,21). The third-order valence-electron chi connectivity index (χ3n) is 3.32. The van der Waals surface area contributed by atoms with Crippen LogP contribution in [0.15, 0.2) is 36.7 Å². The Morgan fingerprint density at radius 2 is 2.05 bits per heavy atom. The lowest BCUT2D eigenvalue weighted by Gasteiger charge is -2.17. The number of aromatic nitrogens is 2. The van der Waals surface area contributed by atoms with Gasteiger partial charge in [-0.25, -0.2) is 4.98 Å². The highest BCUT2D eigenvalue weighted by Crippen LogP contribution is 2.08. The number of rotatable bonds is 5. The van der Waals surface area contributed by atoms with Crippen molar-refractivity contribution in [3.63, 3.8) is 0 Å². The Bertz CT molecular complexity index is 648. The number of hydrogen-bond acceptors (Lipinski definition) is 3. The van der Waals surface area contributed by atoms with E-state index in [0.717, 1.165) is 17.0 Å². The van der Waals surface area contributed by atoms with Gasteiger partial charge in [-0.15, -0.1) is 0 Å². The molecule has 110 valence electrons. The third kappa shape index (κ3) is 3.88. The molecule has 0 radical (unpaired) electrons. The summed E-state index contributed by atoms with van der Waals surface area (Å²) in [6.45, 7) is 0.493. The monoisotopic (exact) mass is 302 g/mol. The molecule has 0 bridgehead atoms. The molecule has 0 atom stereocenters. The fourth-order valence-electron chi connectivity index (χ4n) is 1.95. The average molecular weight is 302 g/mol. The molecule has 21 heavy (non-hydrogen) atoms. The van der Waals surface area contributed by atoms with E-state index in [-0.39, 0.29) is 5.91 Å². The number of carbonyl (C=O) groups excluding carboxylic acids is 1. The second kappa shape index (κ2) is 6.49. The van der Waals surface area contributed by atoms with Crippen molar-refractivity contribution in [2.45, 2.75) is 13.0 Å². The minimum Gasteiger partial charge on any atom is -0.389 e. The van der Waals surface area contributed by atoms with Gasteiger partial charge in [-0.3, -0.25) is 4.79 Å². The molecule has 2 aromatic rings. The molecule has 0 unspecified atom stereocenters. The second-order valence-corrected chi connectivity index (χ2v) is 5.38. The first-order valence-electron chi connectivity index (χ1n) is 6.56. The number of hydrogen-bond donors (Lipinski definition) is 1. The number of thiocarbonyl (C=S) groups is 1. The number of nitrogens with zero attached hydrogens (tertiary/aromatic N) is 3. The first-order valence-corrected chi connectivity index (χ1v) is 6.97. The average Bonchev–Trinajstić information content (AvgIpc) is 2.84. The smallest absolute Gasteiger partial charge is 0.227 e. The van der Waals surface area contributed by atoms with Crippen molar-refractivity contribution in [1.82, 2.24) is 14.5 Å². The number of carbonyl (C=O) groups is 1. The van der Waals surface area contributed by atoms with Gasteiger partial charge >= 0.3 is 0 Å². The quantitative estimate of drug-likeness (QED) is 0.845. The Balaban J connectivity index is 1.97. The largest absolute Gasteiger partial charge is 0.389 e. The Morgan fingerprint density at radius 3 is 2.57 bits per heavy atom. The number of aryl methyl sites for hydroxylation is 1. The maximum absolute atomic E-state index is 12.2. The molecule has 0 aliphatic carbocycles. The predicted molar refractivity (Wildman–Crippen MR) is 85.7 cm³/mol. The van der Waals surface area contributed by atoms with Gasteiger partial charge in [0.2, 0.25) is 5.91 Å². The molecule has 0 saturated heterocycles. The van der Waals surface area contributed by atoms with E-state index < -0.39 is 0 Å². The zero-order valence-electron chi connectivity index (χ0n) is 12.1. The Kier molecular flexibility index (Phi) is 4.70. The van der Waals surface area contributed by atoms with Crippen LogP contribution in [0, 0.1) is 0 Å². The number of likely N-dealkylation sites (N-methyl/N-ethyl adjacent to an activating group) is 1. The lowest BCUT2D eigenvalue weighted by atomic mass is 10.1.